The second-order valence-corrected chi connectivity index (χ2v) is 6.51. The fourth-order valence-corrected chi connectivity index (χ4v) is 3.14. The van der Waals surface area contributed by atoms with Crippen LogP contribution < -0.4 is 15.5 Å². The number of halogens is 1. The minimum absolute atomic E-state index is 0.182. The number of guanidine groups is 1. The molecule has 1 fully saturated rings. The van der Waals surface area contributed by atoms with E-state index >= 15 is 0 Å². The molecule has 0 radical (unpaired) electrons. The Morgan fingerprint density at radius 3 is 2.59 bits per heavy atom. The summed E-state index contributed by atoms with van der Waals surface area (Å²) in [6.45, 7) is 2.01. The van der Waals surface area contributed by atoms with Crippen LogP contribution in [0.25, 0.3) is 0 Å². The summed E-state index contributed by atoms with van der Waals surface area (Å²) >= 11 is 0. The number of hydrogen-bond acceptors (Lipinski definition) is 2. The van der Waals surface area contributed by atoms with E-state index in [0.29, 0.717) is 37.5 Å². The van der Waals surface area contributed by atoms with Gasteiger partial charge in [-0.3, -0.25) is 9.79 Å². The van der Waals surface area contributed by atoms with Gasteiger partial charge in [0, 0.05) is 38.8 Å². The van der Waals surface area contributed by atoms with Crippen molar-refractivity contribution in [3.05, 3.63) is 65.5 Å². The predicted molar refractivity (Wildman–Crippen MR) is 106 cm³/mol. The van der Waals surface area contributed by atoms with Crippen LogP contribution >= 0.6 is 0 Å². The zero-order valence-electron chi connectivity index (χ0n) is 15.5. The molecule has 5 nitrogen and oxygen atoms in total. The molecule has 1 amide bonds. The van der Waals surface area contributed by atoms with Crippen molar-refractivity contribution in [1.29, 1.82) is 0 Å². The quantitative estimate of drug-likeness (QED) is 0.609. The standard InChI is InChI=1S/C21H25FN4O/c1-23-21(24-13-12-17-5-2-3-6-19(17)22)25-15-16-8-10-18(11-9-16)26-14-4-7-20(26)27/h2-3,5-6,8-11H,4,7,12-15H2,1H3,(H2,23,24,25). The van der Waals surface area contributed by atoms with Crippen LogP contribution in [0.5, 0.6) is 0 Å². The van der Waals surface area contributed by atoms with Crippen molar-refractivity contribution < 1.29 is 9.18 Å². The molecule has 0 saturated carbocycles. The molecule has 6 heteroatoms. The summed E-state index contributed by atoms with van der Waals surface area (Å²) in [4.78, 5) is 17.8. The van der Waals surface area contributed by atoms with Gasteiger partial charge in [0.25, 0.3) is 0 Å². The first-order valence-corrected chi connectivity index (χ1v) is 9.24. The SMILES string of the molecule is CN=C(NCCc1ccccc1F)NCc1ccc(N2CCCC2=O)cc1. The Labute approximate surface area is 159 Å². The lowest BCUT2D eigenvalue weighted by atomic mass is 10.1. The van der Waals surface area contributed by atoms with E-state index < -0.39 is 0 Å². The van der Waals surface area contributed by atoms with Gasteiger partial charge in [-0.05, 0) is 42.2 Å². The zero-order valence-corrected chi connectivity index (χ0v) is 15.5. The molecule has 0 spiro atoms. The number of carbonyl (C=O) groups is 1. The predicted octanol–water partition coefficient (Wildman–Crippen LogP) is 2.86. The third kappa shape index (κ3) is 5.06. The maximum Gasteiger partial charge on any atom is 0.227 e. The molecule has 0 bridgehead atoms. The van der Waals surface area contributed by atoms with Crippen LogP contribution in [0.2, 0.25) is 0 Å². The van der Waals surface area contributed by atoms with Crippen molar-refractivity contribution in [2.24, 2.45) is 4.99 Å². The Morgan fingerprint density at radius 1 is 1.15 bits per heavy atom. The lowest BCUT2D eigenvalue weighted by molar-refractivity contribution is -0.117. The Bertz CT molecular complexity index is 804. The summed E-state index contributed by atoms with van der Waals surface area (Å²) in [5.41, 5.74) is 2.74. The molecule has 0 aromatic heterocycles. The Morgan fingerprint density at radius 2 is 1.93 bits per heavy atom. The van der Waals surface area contributed by atoms with Crippen LogP contribution in [0.3, 0.4) is 0 Å². The van der Waals surface area contributed by atoms with Gasteiger partial charge < -0.3 is 15.5 Å². The van der Waals surface area contributed by atoms with Gasteiger partial charge in [-0.1, -0.05) is 30.3 Å². The van der Waals surface area contributed by atoms with Gasteiger partial charge in [0.2, 0.25) is 5.91 Å². The number of nitrogens with zero attached hydrogens (tertiary/aromatic N) is 2. The summed E-state index contributed by atoms with van der Waals surface area (Å²) in [6, 6.07) is 14.8. The molecule has 1 aliphatic rings. The van der Waals surface area contributed by atoms with E-state index in [-0.39, 0.29) is 11.7 Å². The third-order valence-electron chi connectivity index (χ3n) is 4.65. The first-order chi connectivity index (χ1) is 13.2. The molecule has 0 aliphatic carbocycles. The lowest BCUT2D eigenvalue weighted by Crippen LogP contribution is -2.37. The summed E-state index contributed by atoms with van der Waals surface area (Å²) < 4.78 is 13.6. The van der Waals surface area contributed by atoms with Crippen molar-refractivity contribution in [2.45, 2.75) is 25.8 Å². The van der Waals surface area contributed by atoms with Gasteiger partial charge in [-0.15, -0.1) is 0 Å². The molecule has 2 N–H and O–H groups in total. The van der Waals surface area contributed by atoms with Crippen molar-refractivity contribution in [1.82, 2.24) is 10.6 Å². The maximum atomic E-state index is 13.6. The van der Waals surface area contributed by atoms with Crippen LogP contribution in [-0.2, 0) is 17.8 Å². The second-order valence-electron chi connectivity index (χ2n) is 6.51. The van der Waals surface area contributed by atoms with E-state index in [9.17, 15) is 9.18 Å². The Kier molecular flexibility index (Phi) is 6.41. The van der Waals surface area contributed by atoms with Crippen LogP contribution in [-0.4, -0.2) is 32.0 Å². The highest BCUT2D eigenvalue weighted by molar-refractivity contribution is 5.95. The number of aliphatic imine (C=N–C) groups is 1. The minimum Gasteiger partial charge on any atom is -0.356 e. The number of rotatable bonds is 6. The summed E-state index contributed by atoms with van der Waals surface area (Å²) in [5, 5.41) is 6.45. The highest BCUT2D eigenvalue weighted by Crippen LogP contribution is 2.21. The van der Waals surface area contributed by atoms with Gasteiger partial charge in [-0.2, -0.15) is 0 Å². The molecule has 27 heavy (non-hydrogen) atoms. The van der Waals surface area contributed by atoms with Crippen molar-refractivity contribution >= 4 is 17.6 Å². The van der Waals surface area contributed by atoms with Crippen molar-refractivity contribution in [3.63, 3.8) is 0 Å². The number of nitrogens with one attached hydrogen (secondary N) is 2. The van der Waals surface area contributed by atoms with E-state index in [4.69, 9.17) is 0 Å². The lowest BCUT2D eigenvalue weighted by Gasteiger charge is -2.16. The fourth-order valence-electron chi connectivity index (χ4n) is 3.14. The number of carbonyl (C=O) groups excluding carboxylic acids is 1. The molecular formula is C21H25FN4O. The summed E-state index contributed by atoms with van der Waals surface area (Å²) in [6.07, 6.45) is 2.15. The topological polar surface area (TPSA) is 56.7 Å². The molecule has 3 rings (SSSR count). The van der Waals surface area contributed by atoms with E-state index in [1.165, 1.54) is 6.07 Å². The summed E-state index contributed by atoms with van der Waals surface area (Å²) in [7, 11) is 1.71. The Hall–Kier alpha value is -2.89. The minimum atomic E-state index is -0.182. The third-order valence-corrected chi connectivity index (χ3v) is 4.65. The van der Waals surface area contributed by atoms with Crippen molar-refractivity contribution in [3.8, 4) is 0 Å². The summed E-state index contributed by atoms with van der Waals surface area (Å²) in [5.74, 6) is 0.685. The van der Waals surface area contributed by atoms with E-state index in [1.54, 1.807) is 19.2 Å². The van der Waals surface area contributed by atoms with Crippen molar-refractivity contribution in [2.75, 3.05) is 25.0 Å². The average Bonchev–Trinajstić information content (AvgIpc) is 3.12. The zero-order chi connectivity index (χ0) is 19.1. The largest absolute Gasteiger partial charge is 0.356 e. The molecule has 0 unspecified atom stereocenters. The molecule has 1 aliphatic heterocycles. The van der Waals surface area contributed by atoms with Crippen LogP contribution in [0.4, 0.5) is 10.1 Å². The van der Waals surface area contributed by atoms with Gasteiger partial charge >= 0.3 is 0 Å². The normalized spacial score (nSPS) is 14.5. The first kappa shape index (κ1) is 18.9. The molecular weight excluding hydrogens is 343 g/mol. The molecule has 2 aromatic rings. The highest BCUT2D eigenvalue weighted by atomic mass is 19.1. The molecule has 2 aromatic carbocycles. The fraction of sp³-hybridized carbons (Fsp3) is 0.333. The van der Waals surface area contributed by atoms with Crippen LogP contribution in [0.1, 0.15) is 24.0 Å². The number of amides is 1. The first-order valence-electron chi connectivity index (χ1n) is 9.24. The van der Waals surface area contributed by atoms with E-state index in [0.717, 1.165) is 24.2 Å². The van der Waals surface area contributed by atoms with E-state index in [2.05, 4.69) is 15.6 Å². The Balaban J connectivity index is 1.46. The maximum absolute atomic E-state index is 13.6. The average molecular weight is 368 g/mol. The van der Waals surface area contributed by atoms with Crippen LogP contribution in [0.15, 0.2) is 53.5 Å². The molecule has 1 saturated heterocycles. The van der Waals surface area contributed by atoms with Crippen LogP contribution in [0, 0.1) is 5.82 Å². The highest BCUT2D eigenvalue weighted by Gasteiger charge is 2.21. The number of anilines is 1. The molecule has 0 atom stereocenters. The monoisotopic (exact) mass is 368 g/mol. The van der Waals surface area contributed by atoms with Gasteiger partial charge in [-0.25, -0.2) is 4.39 Å². The number of hydrogen-bond donors (Lipinski definition) is 2. The van der Waals surface area contributed by atoms with E-state index in [1.807, 2.05) is 35.2 Å². The van der Waals surface area contributed by atoms with Gasteiger partial charge in [0.05, 0.1) is 0 Å². The number of benzene rings is 2. The molecule has 1 heterocycles. The van der Waals surface area contributed by atoms with Gasteiger partial charge in [0.15, 0.2) is 5.96 Å². The molecule has 142 valence electrons. The van der Waals surface area contributed by atoms with Gasteiger partial charge in [0.1, 0.15) is 5.82 Å². The smallest absolute Gasteiger partial charge is 0.227 e. The second kappa shape index (κ2) is 9.16.